The van der Waals surface area contributed by atoms with Gasteiger partial charge in [-0.2, -0.15) is 0 Å². The summed E-state index contributed by atoms with van der Waals surface area (Å²) in [5.41, 5.74) is 3.51. The minimum Gasteiger partial charge on any atom is -0.405 e. The monoisotopic (exact) mass is 324 g/mol. The molecule has 1 heterocycles. The highest BCUT2D eigenvalue weighted by molar-refractivity contribution is 6.61. The molecule has 0 aromatic heterocycles. The second-order valence-corrected chi connectivity index (χ2v) is 6.42. The van der Waals surface area contributed by atoms with Crippen LogP contribution in [0.1, 0.15) is 0 Å². The van der Waals surface area contributed by atoms with E-state index in [-0.39, 0.29) is 7.12 Å². The van der Waals surface area contributed by atoms with Gasteiger partial charge in [-0.3, -0.25) is 0 Å². The molecule has 4 aromatic carbocycles. The van der Waals surface area contributed by atoms with Gasteiger partial charge in [0, 0.05) is 0 Å². The molecule has 1 saturated heterocycles. The van der Waals surface area contributed by atoms with Crippen LogP contribution < -0.4 is 5.46 Å². The minimum absolute atomic E-state index is 0.211. The Morgan fingerprint density at radius 1 is 0.600 bits per heavy atom. The second kappa shape index (κ2) is 6.03. The van der Waals surface area contributed by atoms with Crippen molar-refractivity contribution in [2.75, 3.05) is 13.2 Å². The molecular weight excluding hydrogens is 307 g/mol. The predicted molar refractivity (Wildman–Crippen MR) is 104 cm³/mol. The molecule has 3 heteroatoms. The Balaban J connectivity index is 1.55. The molecule has 0 radical (unpaired) electrons. The molecule has 0 aliphatic carbocycles. The van der Waals surface area contributed by atoms with Crippen molar-refractivity contribution in [3.8, 4) is 11.1 Å². The lowest BCUT2D eigenvalue weighted by Gasteiger charge is -2.09. The molecule has 0 unspecified atom stereocenters. The Labute approximate surface area is 147 Å². The normalized spacial score (nSPS) is 14.5. The summed E-state index contributed by atoms with van der Waals surface area (Å²) in [4.78, 5) is 0. The lowest BCUT2D eigenvalue weighted by molar-refractivity contribution is 0.365. The van der Waals surface area contributed by atoms with E-state index in [9.17, 15) is 0 Å². The molecule has 4 aromatic rings. The first-order valence-electron chi connectivity index (χ1n) is 8.63. The third-order valence-corrected chi connectivity index (χ3v) is 4.88. The van der Waals surface area contributed by atoms with E-state index in [0.29, 0.717) is 13.2 Å². The Kier molecular flexibility index (Phi) is 3.55. The first kappa shape index (κ1) is 14.7. The van der Waals surface area contributed by atoms with Crippen LogP contribution in [0.15, 0.2) is 78.9 Å². The maximum absolute atomic E-state index is 5.56. The Hall–Kier alpha value is -2.62. The van der Waals surface area contributed by atoms with Crippen molar-refractivity contribution in [2.24, 2.45) is 0 Å². The van der Waals surface area contributed by atoms with Crippen molar-refractivity contribution >= 4 is 34.1 Å². The highest BCUT2D eigenvalue weighted by Gasteiger charge is 2.25. The molecule has 0 N–H and O–H groups in total. The number of hydrogen-bond acceptors (Lipinski definition) is 2. The summed E-state index contributed by atoms with van der Waals surface area (Å²) in [7, 11) is -0.211. The molecule has 2 nitrogen and oxygen atoms in total. The molecule has 0 bridgehead atoms. The van der Waals surface area contributed by atoms with Gasteiger partial charge in [-0.05, 0) is 44.2 Å². The van der Waals surface area contributed by atoms with Crippen LogP contribution >= 0.6 is 0 Å². The molecule has 120 valence electrons. The average Bonchev–Trinajstić information content (AvgIpc) is 3.22. The lowest BCUT2D eigenvalue weighted by atomic mass is 9.79. The fraction of sp³-hybridized carbons (Fsp3) is 0.0909. The van der Waals surface area contributed by atoms with Crippen LogP contribution in [0.5, 0.6) is 0 Å². The summed E-state index contributed by atoms with van der Waals surface area (Å²) in [6, 6.07) is 28.1. The average molecular weight is 324 g/mol. The smallest absolute Gasteiger partial charge is 0.405 e. The van der Waals surface area contributed by atoms with Crippen molar-refractivity contribution in [1.82, 2.24) is 0 Å². The Morgan fingerprint density at radius 2 is 1.28 bits per heavy atom. The Morgan fingerprint density at radius 3 is 2.12 bits per heavy atom. The zero-order chi connectivity index (χ0) is 16.6. The molecule has 5 rings (SSSR count). The second-order valence-electron chi connectivity index (χ2n) is 6.42. The summed E-state index contributed by atoms with van der Waals surface area (Å²) in [6.45, 7) is 1.34. The highest BCUT2D eigenvalue weighted by Crippen LogP contribution is 2.29. The molecule has 1 fully saturated rings. The van der Waals surface area contributed by atoms with Crippen LogP contribution in [0.2, 0.25) is 0 Å². The highest BCUT2D eigenvalue weighted by atomic mass is 16.6. The van der Waals surface area contributed by atoms with E-state index < -0.39 is 0 Å². The maximum Gasteiger partial charge on any atom is 0.494 e. The molecular formula is C22H17BO2. The van der Waals surface area contributed by atoms with Crippen LogP contribution in [0.25, 0.3) is 32.7 Å². The Bertz CT molecular complexity index is 1050. The van der Waals surface area contributed by atoms with Gasteiger partial charge in [-0.25, -0.2) is 0 Å². The number of benzene rings is 4. The van der Waals surface area contributed by atoms with Gasteiger partial charge in [0.05, 0.1) is 13.2 Å². The van der Waals surface area contributed by atoms with Gasteiger partial charge in [0.2, 0.25) is 0 Å². The minimum atomic E-state index is -0.211. The number of fused-ring (bicyclic) bond motifs is 3. The summed E-state index contributed by atoms with van der Waals surface area (Å²) in [6.07, 6.45) is 0. The summed E-state index contributed by atoms with van der Waals surface area (Å²) >= 11 is 0. The quantitative estimate of drug-likeness (QED) is 0.402. The molecule has 1 aliphatic heterocycles. The van der Waals surface area contributed by atoms with Gasteiger partial charge in [0.15, 0.2) is 0 Å². The maximum atomic E-state index is 5.56. The van der Waals surface area contributed by atoms with E-state index in [0.717, 1.165) is 5.46 Å². The lowest BCUT2D eigenvalue weighted by Crippen LogP contribution is -2.31. The van der Waals surface area contributed by atoms with Crippen LogP contribution in [0, 0.1) is 0 Å². The van der Waals surface area contributed by atoms with Crippen molar-refractivity contribution in [1.29, 1.82) is 0 Å². The topological polar surface area (TPSA) is 18.5 Å². The predicted octanol–water partition coefficient (Wildman–Crippen LogP) is 4.40. The molecule has 0 saturated carbocycles. The standard InChI is InChI=1S/C22H17BO2/c1-2-4-21-17(3-1)5-6-19-15-18(9-12-22(19)21)16-7-10-20(11-8-16)23-24-13-14-25-23/h1-12,15H,13-14H2. The third kappa shape index (κ3) is 2.62. The van der Waals surface area contributed by atoms with E-state index >= 15 is 0 Å². The summed E-state index contributed by atoms with van der Waals surface area (Å²) in [5.74, 6) is 0. The fourth-order valence-electron chi connectivity index (χ4n) is 3.58. The van der Waals surface area contributed by atoms with Crippen molar-refractivity contribution in [3.63, 3.8) is 0 Å². The number of rotatable bonds is 2. The summed E-state index contributed by atoms with van der Waals surface area (Å²) < 4.78 is 11.1. The first-order chi connectivity index (χ1) is 12.4. The van der Waals surface area contributed by atoms with Crippen molar-refractivity contribution in [2.45, 2.75) is 0 Å². The molecule has 0 spiro atoms. The van der Waals surface area contributed by atoms with E-state index in [1.807, 2.05) is 0 Å². The molecule has 25 heavy (non-hydrogen) atoms. The van der Waals surface area contributed by atoms with Gasteiger partial charge in [0.1, 0.15) is 0 Å². The first-order valence-corrected chi connectivity index (χ1v) is 8.63. The SMILES string of the molecule is c1ccc2c(c1)ccc1cc(-c3ccc(B4OCCO4)cc3)ccc12. The van der Waals surface area contributed by atoms with E-state index in [1.165, 1.54) is 32.7 Å². The van der Waals surface area contributed by atoms with E-state index in [4.69, 9.17) is 9.31 Å². The number of hydrogen-bond donors (Lipinski definition) is 0. The van der Waals surface area contributed by atoms with Crippen LogP contribution in [-0.2, 0) is 9.31 Å². The van der Waals surface area contributed by atoms with Crippen LogP contribution in [-0.4, -0.2) is 20.3 Å². The van der Waals surface area contributed by atoms with Gasteiger partial charge in [0.25, 0.3) is 0 Å². The fourth-order valence-corrected chi connectivity index (χ4v) is 3.58. The van der Waals surface area contributed by atoms with Crippen molar-refractivity contribution in [3.05, 3.63) is 78.9 Å². The molecule has 0 amide bonds. The van der Waals surface area contributed by atoms with Gasteiger partial charge >= 0.3 is 7.12 Å². The van der Waals surface area contributed by atoms with Gasteiger partial charge < -0.3 is 9.31 Å². The molecule has 0 atom stereocenters. The van der Waals surface area contributed by atoms with Crippen molar-refractivity contribution < 1.29 is 9.31 Å². The third-order valence-electron chi connectivity index (χ3n) is 4.88. The van der Waals surface area contributed by atoms with Gasteiger partial charge in [-0.15, -0.1) is 0 Å². The summed E-state index contributed by atoms with van der Waals surface area (Å²) in [5, 5.41) is 5.15. The van der Waals surface area contributed by atoms with Crippen LogP contribution in [0.4, 0.5) is 0 Å². The van der Waals surface area contributed by atoms with Crippen LogP contribution in [0.3, 0.4) is 0 Å². The molecule has 1 aliphatic rings. The van der Waals surface area contributed by atoms with E-state index in [1.54, 1.807) is 0 Å². The largest absolute Gasteiger partial charge is 0.494 e. The zero-order valence-electron chi connectivity index (χ0n) is 13.8. The van der Waals surface area contributed by atoms with Gasteiger partial charge in [-0.1, -0.05) is 72.8 Å². The zero-order valence-corrected chi connectivity index (χ0v) is 13.8. The van der Waals surface area contributed by atoms with E-state index in [2.05, 4.69) is 78.9 Å².